The number of ether oxygens (including phenoxy) is 2. The van der Waals surface area contributed by atoms with Gasteiger partial charge in [-0.1, -0.05) is 6.07 Å². The summed E-state index contributed by atoms with van der Waals surface area (Å²) in [5, 5.41) is 0.772. The van der Waals surface area contributed by atoms with E-state index in [1.807, 2.05) is 37.2 Å². The second kappa shape index (κ2) is 6.34. The molecule has 0 saturated carbocycles. The van der Waals surface area contributed by atoms with Crippen LogP contribution in [0.15, 0.2) is 30.5 Å². The summed E-state index contributed by atoms with van der Waals surface area (Å²) in [6.07, 6.45) is 4.49. The molecular weight excluding hydrogens is 284 g/mol. The number of aromatic nitrogens is 1. The van der Waals surface area contributed by atoms with E-state index in [0.717, 1.165) is 16.6 Å². The number of fused-ring (bicyclic) bond motifs is 1. The van der Waals surface area contributed by atoms with Gasteiger partial charge >= 0.3 is 11.9 Å². The molecule has 2 rings (SSSR count). The minimum absolute atomic E-state index is 0.426. The third-order valence-corrected chi connectivity index (χ3v) is 3.30. The van der Waals surface area contributed by atoms with Crippen molar-refractivity contribution in [1.29, 1.82) is 0 Å². The number of anilines is 1. The van der Waals surface area contributed by atoms with Crippen LogP contribution in [0, 0.1) is 0 Å². The molecule has 0 N–H and O–H groups in total. The van der Waals surface area contributed by atoms with Crippen molar-refractivity contribution in [1.82, 2.24) is 4.57 Å². The Bertz CT molecular complexity index is 744. The molecule has 0 aliphatic heterocycles. The van der Waals surface area contributed by atoms with Crippen LogP contribution in [0.25, 0.3) is 17.1 Å². The second-order valence-corrected chi connectivity index (χ2v) is 4.85. The highest BCUT2D eigenvalue weighted by Crippen LogP contribution is 2.31. The average molecular weight is 302 g/mol. The number of nitrogens with zero attached hydrogens (tertiary/aromatic N) is 2. The van der Waals surface area contributed by atoms with Crippen molar-refractivity contribution in [2.24, 2.45) is 0 Å². The van der Waals surface area contributed by atoms with Gasteiger partial charge in [0.1, 0.15) is 0 Å². The van der Waals surface area contributed by atoms with Crippen LogP contribution in [0.2, 0.25) is 0 Å². The van der Waals surface area contributed by atoms with Crippen LogP contribution in [-0.4, -0.2) is 44.8 Å². The zero-order chi connectivity index (χ0) is 16.3. The van der Waals surface area contributed by atoms with Crippen molar-refractivity contribution in [2.75, 3.05) is 33.2 Å². The maximum Gasteiger partial charge on any atom is 0.340 e. The molecule has 0 unspecified atom stereocenters. The number of carbonyl (C=O) groups is 2. The smallest absolute Gasteiger partial charge is 0.340 e. The summed E-state index contributed by atoms with van der Waals surface area (Å²) in [6, 6.07) is 5.68. The Balaban J connectivity index is 2.69. The molecule has 0 fully saturated rings. The zero-order valence-electron chi connectivity index (χ0n) is 13.0. The molecule has 0 atom stereocenters. The number of benzene rings is 1. The Labute approximate surface area is 128 Å². The van der Waals surface area contributed by atoms with Gasteiger partial charge in [-0.05, 0) is 12.1 Å². The van der Waals surface area contributed by atoms with Crippen LogP contribution in [0.1, 0.15) is 10.4 Å². The quantitative estimate of drug-likeness (QED) is 0.639. The monoisotopic (exact) mass is 302 g/mol. The Morgan fingerprint density at radius 3 is 2.50 bits per heavy atom. The molecule has 0 bridgehead atoms. The van der Waals surface area contributed by atoms with E-state index in [1.54, 1.807) is 17.0 Å². The van der Waals surface area contributed by atoms with Gasteiger partial charge in [0.05, 0.1) is 25.3 Å². The van der Waals surface area contributed by atoms with Crippen molar-refractivity contribution in [3.63, 3.8) is 0 Å². The molecule has 0 amide bonds. The van der Waals surface area contributed by atoms with Crippen molar-refractivity contribution in [3.05, 3.63) is 36.0 Å². The first kappa shape index (κ1) is 15.6. The minimum atomic E-state index is -0.467. The lowest BCUT2D eigenvalue weighted by molar-refractivity contribution is -0.134. The highest BCUT2D eigenvalue weighted by molar-refractivity contribution is 6.10. The highest BCUT2D eigenvalue weighted by atomic mass is 16.5. The van der Waals surface area contributed by atoms with E-state index in [1.165, 1.54) is 20.3 Å². The van der Waals surface area contributed by atoms with Gasteiger partial charge < -0.3 is 18.9 Å². The Morgan fingerprint density at radius 1 is 1.18 bits per heavy atom. The second-order valence-electron chi connectivity index (χ2n) is 4.85. The van der Waals surface area contributed by atoms with Gasteiger partial charge in [-0.25, -0.2) is 9.59 Å². The van der Waals surface area contributed by atoms with Gasteiger partial charge in [-0.3, -0.25) is 0 Å². The standard InChI is InChI=1S/C16H18N2O4/c1-17(2)12-6-5-7-13-15(12)11(16(20)22-4)10-18(13)9-8-14(19)21-3/h5-10H,1-4H3/b9-8+. The van der Waals surface area contributed by atoms with Crippen molar-refractivity contribution >= 4 is 34.7 Å². The van der Waals surface area contributed by atoms with E-state index >= 15 is 0 Å². The maximum atomic E-state index is 12.0. The largest absolute Gasteiger partial charge is 0.466 e. The lowest BCUT2D eigenvalue weighted by Gasteiger charge is -2.14. The predicted octanol–water partition coefficient (Wildman–Crippen LogP) is 2.14. The zero-order valence-corrected chi connectivity index (χ0v) is 13.0. The fraction of sp³-hybridized carbons (Fsp3) is 0.250. The summed E-state index contributed by atoms with van der Waals surface area (Å²) in [7, 11) is 6.45. The molecule has 22 heavy (non-hydrogen) atoms. The van der Waals surface area contributed by atoms with E-state index in [0.29, 0.717) is 5.56 Å². The number of hydrogen-bond donors (Lipinski definition) is 0. The number of esters is 2. The number of carbonyl (C=O) groups excluding carboxylic acids is 2. The summed E-state index contributed by atoms with van der Waals surface area (Å²) in [5.41, 5.74) is 2.13. The summed E-state index contributed by atoms with van der Waals surface area (Å²) in [6.45, 7) is 0. The maximum absolute atomic E-state index is 12.0. The molecule has 0 aliphatic carbocycles. The summed E-state index contributed by atoms with van der Waals surface area (Å²) in [4.78, 5) is 25.2. The summed E-state index contributed by atoms with van der Waals surface area (Å²) >= 11 is 0. The number of rotatable bonds is 4. The first-order valence-corrected chi connectivity index (χ1v) is 6.65. The summed E-state index contributed by atoms with van der Waals surface area (Å²) in [5.74, 6) is -0.894. The molecule has 1 aromatic carbocycles. The molecule has 0 aliphatic rings. The van der Waals surface area contributed by atoms with E-state index in [-0.39, 0.29) is 0 Å². The fourth-order valence-electron chi connectivity index (χ4n) is 2.26. The topological polar surface area (TPSA) is 60.8 Å². The average Bonchev–Trinajstić information content (AvgIpc) is 2.90. The van der Waals surface area contributed by atoms with Crippen LogP contribution >= 0.6 is 0 Å². The highest BCUT2D eigenvalue weighted by Gasteiger charge is 2.18. The Hall–Kier alpha value is -2.76. The molecule has 6 heteroatoms. The van der Waals surface area contributed by atoms with Gasteiger partial charge in [0, 0.05) is 43.6 Å². The van der Waals surface area contributed by atoms with Crippen molar-refractivity contribution < 1.29 is 19.1 Å². The molecule has 0 saturated heterocycles. The Kier molecular flexibility index (Phi) is 4.50. The number of hydrogen-bond acceptors (Lipinski definition) is 5. The molecule has 1 aromatic heterocycles. The first-order chi connectivity index (χ1) is 10.5. The molecular formula is C16H18N2O4. The molecule has 0 spiro atoms. The van der Waals surface area contributed by atoms with E-state index < -0.39 is 11.9 Å². The van der Waals surface area contributed by atoms with Crippen molar-refractivity contribution in [2.45, 2.75) is 0 Å². The lowest BCUT2D eigenvalue weighted by atomic mass is 10.1. The van der Waals surface area contributed by atoms with Crippen LogP contribution in [-0.2, 0) is 14.3 Å². The normalized spacial score (nSPS) is 10.9. The van der Waals surface area contributed by atoms with E-state index in [9.17, 15) is 9.59 Å². The van der Waals surface area contributed by atoms with Crippen LogP contribution in [0.5, 0.6) is 0 Å². The van der Waals surface area contributed by atoms with Crippen molar-refractivity contribution in [3.8, 4) is 0 Å². The van der Waals surface area contributed by atoms with E-state index in [4.69, 9.17) is 4.74 Å². The SMILES string of the molecule is COC(=O)/C=C/n1cc(C(=O)OC)c2c(N(C)C)cccc21. The fourth-order valence-corrected chi connectivity index (χ4v) is 2.26. The van der Waals surface area contributed by atoms with Gasteiger partial charge in [0.25, 0.3) is 0 Å². The molecule has 1 heterocycles. The molecule has 2 aromatic rings. The van der Waals surface area contributed by atoms with Crippen LogP contribution in [0.4, 0.5) is 5.69 Å². The van der Waals surface area contributed by atoms with Gasteiger partial charge in [-0.2, -0.15) is 0 Å². The predicted molar refractivity (Wildman–Crippen MR) is 85.0 cm³/mol. The van der Waals surface area contributed by atoms with E-state index in [2.05, 4.69) is 4.74 Å². The molecule has 116 valence electrons. The third-order valence-electron chi connectivity index (χ3n) is 3.30. The first-order valence-electron chi connectivity index (χ1n) is 6.65. The minimum Gasteiger partial charge on any atom is -0.466 e. The number of methoxy groups -OCH3 is 2. The molecule has 6 nitrogen and oxygen atoms in total. The van der Waals surface area contributed by atoms with Gasteiger partial charge in [-0.15, -0.1) is 0 Å². The van der Waals surface area contributed by atoms with Gasteiger partial charge in [0.2, 0.25) is 0 Å². The third kappa shape index (κ3) is 2.81. The van der Waals surface area contributed by atoms with Gasteiger partial charge in [0.15, 0.2) is 0 Å². The van der Waals surface area contributed by atoms with Crippen LogP contribution in [0.3, 0.4) is 0 Å². The Morgan fingerprint density at radius 2 is 1.91 bits per heavy atom. The van der Waals surface area contributed by atoms with Crippen LogP contribution < -0.4 is 4.90 Å². The summed E-state index contributed by atoms with van der Waals surface area (Å²) < 4.78 is 11.1. The molecule has 0 radical (unpaired) electrons. The lowest BCUT2D eigenvalue weighted by Crippen LogP contribution is -2.10.